The normalized spacial score (nSPS) is 15.2. The van der Waals surface area contributed by atoms with Crippen LogP contribution < -0.4 is 20.7 Å². The van der Waals surface area contributed by atoms with Gasteiger partial charge < -0.3 is 14.6 Å². The summed E-state index contributed by atoms with van der Waals surface area (Å²) in [7, 11) is 1.43. The van der Waals surface area contributed by atoms with Crippen molar-refractivity contribution in [2.75, 3.05) is 13.7 Å². The smallest absolute Gasteiger partial charge is 0.335 e. The Bertz CT molecular complexity index is 1390. The van der Waals surface area contributed by atoms with Crippen molar-refractivity contribution in [3.63, 3.8) is 0 Å². The van der Waals surface area contributed by atoms with Crippen LogP contribution in [0.2, 0.25) is 0 Å². The second-order valence-corrected chi connectivity index (χ2v) is 7.57. The van der Waals surface area contributed by atoms with Gasteiger partial charge in [-0.25, -0.2) is 14.4 Å². The first-order chi connectivity index (χ1) is 16.4. The third-order valence-corrected chi connectivity index (χ3v) is 5.51. The minimum absolute atomic E-state index is 0.129. The van der Waals surface area contributed by atoms with E-state index in [0.29, 0.717) is 23.7 Å². The molecule has 1 amide bonds. The summed E-state index contributed by atoms with van der Waals surface area (Å²) in [4.78, 5) is 40.1. The van der Waals surface area contributed by atoms with E-state index in [-0.39, 0.29) is 29.3 Å². The molecule has 176 valence electrons. The molecule has 1 aliphatic rings. The summed E-state index contributed by atoms with van der Waals surface area (Å²) in [6, 6.07) is 13.3. The van der Waals surface area contributed by atoms with Gasteiger partial charge in [0.05, 0.1) is 31.2 Å². The first-order valence-electron chi connectivity index (χ1n) is 10.7. The fourth-order valence-electron chi connectivity index (χ4n) is 4.06. The SMILES string of the molecule is CCOc1ccccc1[C@@H]1CC(c2c(O)n(-c3ccccc3OC)c(=O)[nH]c2=O)=NN1C(C)=O. The molecule has 10 heteroatoms. The zero-order chi connectivity index (χ0) is 24.4. The van der Waals surface area contributed by atoms with Gasteiger partial charge in [0.1, 0.15) is 17.1 Å². The number of para-hydroxylation sites is 3. The van der Waals surface area contributed by atoms with E-state index in [1.165, 1.54) is 19.0 Å². The number of hydrazone groups is 1. The number of hydrogen-bond acceptors (Lipinski definition) is 7. The number of aromatic nitrogens is 2. The second-order valence-electron chi connectivity index (χ2n) is 7.57. The van der Waals surface area contributed by atoms with Crippen LogP contribution >= 0.6 is 0 Å². The Morgan fingerprint density at radius 3 is 2.50 bits per heavy atom. The number of hydrogen-bond donors (Lipinski definition) is 2. The Balaban J connectivity index is 1.86. The van der Waals surface area contributed by atoms with Crippen molar-refractivity contribution in [3.05, 3.63) is 80.5 Å². The highest BCUT2D eigenvalue weighted by atomic mass is 16.5. The number of nitrogens with one attached hydrogen (secondary N) is 1. The Morgan fingerprint density at radius 2 is 1.82 bits per heavy atom. The van der Waals surface area contributed by atoms with Gasteiger partial charge in [-0.05, 0) is 25.1 Å². The van der Waals surface area contributed by atoms with Gasteiger partial charge in [0.2, 0.25) is 11.8 Å². The number of benzene rings is 2. The number of H-pyrrole nitrogens is 1. The van der Waals surface area contributed by atoms with E-state index in [2.05, 4.69) is 10.1 Å². The molecule has 0 spiro atoms. The maximum atomic E-state index is 12.8. The van der Waals surface area contributed by atoms with Gasteiger partial charge in [0.15, 0.2) is 0 Å². The van der Waals surface area contributed by atoms with Gasteiger partial charge >= 0.3 is 5.69 Å². The minimum atomic E-state index is -0.837. The van der Waals surface area contributed by atoms with E-state index in [0.717, 1.165) is 4.57 Å². The summed E-state index contributed by atoms with van der Waals surface area (Å²) in [5.41, 5.74) is -0.731. The van der Waals surface area contributed by atoms with Crippen LogP contribution in [0.3, 0.4) is 0 Å². The average molecular weight is 464 g/mol. The van der Waals surface area contributed by atoms with E-state index in [1.807, 2.05) is 25.1 Å². The lowest BCUT2D eigenvalue weighted by Gasteiger charge is -2.22. The van der Waals surface area contributed by atoms with Crippen LogP contribution in [0.25, 0.3) is 5.69 Å². The molecule has 0 fully saturated rings. The molecule has 0 saturated carbocycles. The molecule has 0 aliphatic carbocycles. The lowest BCUT2D eigenvalue weighted by molar-refractivity contribution is -0.130. The van der Waals surface area contributed by atoms with E-state index < -0.39 is 23.2 Å². The maximum absolute atomic E-state index is 12.8. The standard InChI is InChI=1S/C24H24N4O6/c1-4-34-19-11-7-5-9-15(19)18-13-16(26-28(18)14(2)29)21-22(30)25-24(32)27(23(21)31)17-10-6-8-12-20(17)33-3/h5-12,18,31H,4,13H2,1-3H3,(H,25,30,32)/t18-/m0/s1. The van der Waals surface area contributed by atoms with Crippen LogP contribution in [0, 0.1) is 0 Å². The summed E-state index contributed by atoms with van der Waals surface area (Å²) < 4.78 is 12.0. The van der Waals surface area contributed by atoms with Crippen LogP contribution in [-0.2, 0) is 4.79 Å². The van der Waals surface area contributed by atoms with Crippen LogP contribution in [0.15, 0.2) is 63.2 Å². The van der Waals surface area contributed by atoms with Gasteiger partial charge in [-0.15, -0.1) is 0 Å². The lowest BCUT2D eigenvalue weighted by Crippen LogP contribution is -2.33. The largest absolute Gasteiger partial charge is 0.495 e. The van der Waals surface area contributed by atoms with Gasteiger partial charge in [-0.1, -0.05) is 30.3 Å². The van der Waals surface area contributed by atoms with Crippen LogP contribution in [-0.4, -0.2) is 45.0 Å². The van der Waals surface area contributed by atoms with E-state index in [9.17, 15) is 19.5 Å². The minimum Gasteiger partial charge on any atom is -0.495 e. The molecular weight excluding hydrogens is 440 g/mol. The summed E-state index contributed by atoms with van der Waals surface area (Å²) in [5, 5.41) is 16.7. The fraction of sp³-hybridized carbons (Fsp3) is 0.250. The predicted octanol–water partition coefficient (Wildman–Crippen LogP) is 2.34. The summed E-state index contributed by atoms with van der Waals surface area (Å²) in [6.45, 7) is 3.65. The second kappa shape index (κ2) is 9.26. The third kappa shape index (κ3) is 3.94. The Hall–Kier alpha value is -4.34. The maximum Gasteiger partial charge on any atom is 0.335 e. The Labute approximate surface area is 194 Å². The van der Waals surface area contributed by atoms with Gasteiger partial charge in [-0.2, -0.15) is 5.10 Å². The molecule has 2 aromatic carbocycles. The number of ether oxygens (including phenoxy) is 2. The number of aromatic amines is 1. The van der Waals surface area contributed by atoms with Crippen molar-refractivity contribution in [1.29, 1.82) is 0 Å². The van der Waals surface area contributed by atoms with E-state index >= 15 is 0 Å². The topological polar surface area (TPSA) is 126 Å². The zero-order valence-electron chi connectivity index (χ0n) is 18.9. The molecule has 1 aromatic heterocycles. The molecule has 3 aromatic rings. The predicted molar refractivity (Wildman–Crippen MR) is 125 cm³/mol. The molecule has 0 bridgehead atoms. The molecule has 0 radical (unpaired) electrons. The van der Waals surface area contributed by atoms with Gasteiger partial charge in [-0.3, -0.25) is 14.6 Å². The van der Waals surface area contributed by atoms with Crippen molar-refractivity contribution in [2.45, 2.75) is 26.3 Å². The quantitative estimate of drug-likeness (QED) is 0.577. The first-order valence-corrected chi connectivity index (χ1v) is 10.7. The number of aromatic hydroxyl groups is 1. The lowest BCUT2D eigenvalue weighted by atomic mass is 9.98. The molecule has 1 aliphatic heterocycles. The summed E-state index contributed by atoms with van der Waals surface area (Å²) >= 11 is 0. The van der Waals surface area contributed by atoms with Gasteiger partial charge in [0, 0.05) is 18.9 Å². The molecule has 2 N–H and O–H groups in total. The molecule has 0 unspecified atom stereocenters. The van der Waals surface area contributed by atoms with Crippen LogP contribution in [0.1, 0.15) is 37.4 Å². The number of rotatable bonds is 6. The fourth-order valence-corrected chi connectivity index (χ4v) is 4.06. The number of carbonyl (C=O) groups is 1. The van der Waals surface area contributed by atoms with Crippen molar-refractivity contribution in [2.24, 2.45) is 5.10 Å². The van der Waals surface area contributed by atoms with Crippen molar-refractivity contribution in [1.82, 2.24) is 14.6 Å². The highest BCUT2D eigenvalue weighted by molar-refractivity contribution is 6.04. The van der Waals surface area contributed by atoms with Crippen LogP contribution in [0.4, 0.5) is 0 Å². The number of amides is 1. The molecule has 10 nitrogen and oxygen atoms in total. The number of carbonyl (C=O) groups excluding carboxylic acids is 1. The molecular formula is C24H24N4O6. The highest BCUT2D eigenvalue weighted by Crippen LogP contribution is 2.38. The summed E-state index contributed by atoms with van der Waals surface area (Å²) in [5.74, 6) is -0.0329. The van der Waals surface area contributed by atoms with Crippen molar-refractivity contribution < 1.29 is 19.4 Å². The zero-order valence-corrected chi connectivity index (χ0v) is 18.9. The van der Waals surface area contributed by atoms with Crippen molar-refractivity contribution in [3.8, 4) is 23.1 Å². The van der Waals surface area contributed by atoms with E-state index in [1.54, 1.807) is 30.3 Å². The van der Waals surface area contributed by atoms with Crippen LogP contribution in [0.5, 0.6) is 17.4 Å². The number of nitrogens with zero attached hydrogens (tertiary/aromatic N) is 3. The van der Waals surface area contributed by atoms with Crippen molar-refractivity contribution >= 4 is 11.6 Å². The molecule has 0 saturated heterocycles. The van der Waals surface area contributed by atoms with E-state index in [4.69, 9.17) is 9.47 Å². The average Bonchev–Trinajstić information content (AvgIpc) is 3.25. The Kier molecular flexibility index (Phi) is 6.22. The Morgan fingerprint density at radius 1 is 1.15 bits per heavy atom. The monoisotopic (exact) mass is 464 g/mol. The highest BCUT2D eigenvalue weighted by Gasteiger charge is 2.36. The molecule has 4 rings (SSSR count). The molecule has 2 heterocycles. The summed E-state index contributed by atoms with van der Waals surface area (Å²) in [6.07, 6.45) is 0.129. The molecule has 34 heavy (non-hydrogen) atoms. The third-order valence-electron chi connectivity index (χ3n) is 5.51. The molecule has 1 atom stereocenters. The first kappa shape index (κ1) is 22.8. The van der Waals surface area contributed by atoms with Gasteiger partial charge in [0.25, 0.3) is 5.56 Å². The number of methoxy groups -OCH3 is 1.